The van der Waals surface area contributed by atoms with Crippen LogP contribution in [0.25, 0.3) is 0 Å². The van der Waals surface area contributed by atoms with Crippen molar-refractivity contribution in [2.75, 3.05) is 39.8 Å². The molecule has 1 fully saturated rings. The molecule has 1 amide bonds. The maximum Gasteiger partial charge on any atom is 0.310 e. The number of nitrogens with one attached hydrogen (secondary N) is 2. The van der Waals surface area contributed by atoms with E-state index in [1.165, 1.54) is 7.11 Å². The van der Waals surface area contributed by atoms with E-state index >= 15 is 0 Å². The fourth-order valence-corrected chi connectivity index (χ4v) is 2.57. The van der Waals surface area contributed by atoms with Crippen LogP contribution in [-0.2, 0) is 14.3 Å². The Labute approximate surface area is 138 Å². The Morgan fingerprint density at radius 2 is 2.00 bits per heavy atom. The number of carbonyl (C=O) groups is 2. The third-order valence-corrected chi connectivity index (χ3v) is 3.95. The van der Waals surface area contributed by atoms with Crippen LogP contribution in [-0.4, -0.2) is 62.6 Å². The Morgan fingerprint density at radius 3 is 2.57 bits per heavy atom. The van der Waals surface area contributed by atoms with Gasteiger partial charge in [-0.3, -0.25) is 14.6 Å². The fourth-order valence-electron chi connectivity index (χ4n) is 2.57. The smallest absolute Gasteiger partial charge is 0.310 e. The number of esters is 1. The van der Waals surface area contributed by atoms with Gasteiger partial charge < -0.3 is 20.3 Å². The molecule has 0 spiro atoms. The van der Waals surface area contributed by atoms with Crippen molar-refractivity contribution in [1.82, 2.24) is 15.5 Å². The molecule has 7 nitrogen and oxygen atoms in total. The van der Waals surface area contributed by atoms with Gasteiger partial charge in [0.05, 0.1) is 19.6 Å². The summed E-state index contributed by atoms with van der Waals surface area (Å²) < 4.78 is 4.87. The van der Waals surface area contributed by atoms with E-state index in [0.717, 1.165) is 19.0 Å². The van der Waals surface area contributed by atoms with Crippen molar-refractivity contribution in [2.24, 2.45) is 22.7 Å². The molecule has 2 unspecified atom stereocenters. The lowest BCUT2D eigenvalue weighted by molar-refractivity contribution is -0.146. The van der Waals surface area contributed by atoms with E-state index in [0.29, 0.717) is 19.6 Å². The lowest BCUT2D eigenvalue weighted by Crippen LogP contribution is -2.41. The molecule has 0 aromatic carbocycles. The lowest BCUT2D eigenvalue weighted by Gasteiger charge is -2.21. The molecule has 0 aromatic heterocycles. The van der Waals surface area contributed by atoms with Crippen molar-refractivity contribution in [2.45, 2.75) is 27.7 Å². The number of nitrogens with zero attached hydrogens (tertiary/aromatic N) is 2. The Bertz CT molecular complexity index is 437. The number of methoxy groups -OCH3 is 1. The normalized spacial score (nSPS) is 21.5. The summed E-state index contributed by atoms with van der Waals surface area (Å²) >= 11 is 0. The van der Waals surface area contributed by atoms with Gasteiger partial charge in [0.2, 0.25) is 5.91 Å². The summed E-state index contributed by atoms with van der Waals surface area (Å²) in [7, 11) is 1.43. The van der Waals surface area contributed by atoms with Gasteiger partial charge >= 0.3 is 5.97 Å². The summed E-state index contributed by atoms with van der Waals surface area (Å²) in [6, 6.07) is 0. The highest BCUT2D eigenvalue weighted by atomic mass is 16.5. The number of guanidine groups is 1. The lowest BCUT2D eigenvalue weighted by atomic mass is 9.99. The van der Waals surface area contributed by atoms with Crippen molar-refractivity contribution in [3.8, 4) is 0 Å². The molecular formula is C16H30N4O3. The van der Waals surface area contributed by atoms with Crippen molar-refractivity contribution in [3.63, 3.8) is 0 Å². The molecule has 23 heavy (non-hydrogen) atoms. The zero-order chi connectivity index (χ0) is 17.4. The van der Waals surface area contributed by atoms with Crippen LogP contribution < -0.4 is 10.6 Å². The average molecular weight is 326 g/mol. The van der Waals surface area contributed by atoms with Crippen molar-refractivity contribution in [3.05, 3.63) is 0 Å². The molecule has 1 heterocycles. The number of amides is 1. The van der Waals surface area contributed by atoms with Gasteiger partial charge in [-0.05, 0) is 12.8 Å². The molecule has 7 heteroatoms. The number of hydrogen-bond acceptors (Lipinski definition) is 4. The number of hydrogen-bond donors (Lipinski definition) is 2. The highest BCUT2D eigenvalue weighted by Gasteiger charge is 2.36. The number of ether oxygens (including phenoxy) is 1. The maximum atomic E-state index is 11.8. The van der Waals surface area contributed by atoms with E-state index in [-0.39, 0.29) is 29.6 Å². The summed E-state index contributed by atoms with van der Waals surface area (Å²) in [6.07, 6.45) is 0. The van der Waals surface area contributed by atoms with Gasteiger partial charge in [-0.2, -0.15) is 0 Å². The Morgan fingerprint density at radius 1 is 1.30 bits per heavy atom. The number of rotatable bonds is 6. The van der Waals surface area contributed by atoms with Gasteiger partial charge in [0.1, 0.15) is 0 Å². The van der Waals surface area contributed by atoms with E-state index in [2.05, 4.69) is 20.5 Å². The number of carbonyl (C=O) groups excluding carboxylic acids is 2. The summed E-state index contributed by atoms with van der Waals surface area (Å²) in [4.78, 5) is 29.9. The second-order valence-electron chi connectivity index (χ2n) is 6.19. The molecule has 1 saturated heterocycles. The van der Waals surface area contributed by atoms with Crippen molar-refractivity contribution < 1.29 is 14.3 Å². The van der Waals surface area contributed by atoms with E-state index in [1.54, 1.807) is 0 Å². The minimum atomic E-state index is -0.167. The molecule has 0 radical (unpaired) electrons. The molecule has 1 aliphatic rings. The van der Waals surface area contributed by atoms with Gasteiger partial charge in [0, 0.05) is 32.1 Å². The molecule has 0 saturated carbocycles. The van der Waals surface area contributed by atoms with E-state index in [4.69, 9.17) is 4.74 Å². The molecule has 132 valence electrons. The van der Waals surface area contributed by atoms with Crippen LogP contribution in [0.3, 0.4) is 0 Å². The minimum Gasteiger partial charge on any atom is -0.469 e. The van der Waals surface area contributed by atoms with E-state index in [9.17, 15) is 9.59 Å². The number of aliphatic imine (C=N–C) groups is 1. The Kier molecular flexibility index (Phi) is 7.85. The summed E-state index contributed by atoms with van der Waals surface area (Å²) in [5, 5.41) is 6.09. The third kappa shape index (κ3) is 5.73. The maximum absolute atomic E-state index is 11.8. The highest BCUT2D eigenvalue weighted by molar-refractivity contribution is 5.82. The van der Waals surface area contributed by atoms with Crippen LogP contribution in [0, 0.1) is 17.8 Å². The molecule has 1 rings (SSSR count). The predicted molar refractivity (Wildman–Crippen MR) is 90.1 cm³/mol. The molecule has 1 aliphatic heterocycles. The molecule has 0 aliphatic carbocycles. The molecule has 2 N–H and O–H groups in total. The van der Waals surface area contributed by atoms with Crippen molar-refractivity contribution in [1.29, 1.82) is 0 Å². The first-order valence-electron chi connectivity index (χ1n) is 8.29. The predicted octanol–water partition coefficient (Wildman–Crippen LogP) is 0.465. The second-order valence-corrected chi connectivity index (χ2v) is 6.19. The van der Waals surface area contributed by atoms with Gasteiger partial charge in [-0.15, -0.1) is 0 Å². The summed E-state index contributed by atoms with van der Waals surface area (Å²) in [6.45, 7) is 10.9. The zero-order valence-corrected chi connectivity index (χ0v) is 14.9. The van der Waals surface area contributed by atoms with Crippen LogP contribution in [0.1, 0.15) is 27.7 Å². The van der Waals surface area contributed by atoms with Crippen LogP contribution in [0.4, 0.5) is 0 Å². The quantitative estimate of drug-likeness (QED) is 0.321. The summed E-state index contributed by atoms with van der Waals surface area (Å²) in [5.74, 6) is 0.735. The van der Waals surface area contributed by atoms with Crippen LogP contribution in [0.2, 0.25) is 0 Å². The fraction of sp³-hybridized carbons (Fsp3) is 0.812. The molecule has 2 atom stereocenters. The van der Waals surface area contributed by atoms with Gasteiger partial charge in [-0.25, -0.2) is 0 Å². The Hall–Kier alpha value is -1.79. The highest BCUT2D eigenvalue weighted by Crippen LogP contribution is 2.24. The second kappa shape index (κ2) is 9.37. The largest absolute Gasteiger partial charge is 0.469 e. The summed E-state index contributed by atoms with van der Waals surface area (Å²) in [5.41, 5.74) is 0. The molecule has 0 bridgehead atoms. The first-order chi connectivity index (χ1) is 10.9. The van der Waals surface area contributed by atoms with Gasteiger partial charge in [0.25, 0.3) is 0 Å². The average Bonchev–Trinajstić information content (AvgIpc) is 2.90. The Balaban J connectivity index is 2.59. The molecular weight excluding hydrogens is 296 g/mol. The zero-order valence-electron chi connectivity index (χ0n) is 14.9. The first kappa shape index (κ1) is 19.3. The minimum absolute atomic E-state index is 0.0209. The van der Waals surface area contributed by atoms with E-state index < -0.39 is 0 Å². The van der Waals surface area contributed by atoms with Crippen LogP contribution in [0.15, 0.2) is 4.99 Å². The van der Waals surface area contributed by atoms with E-state index in [1.807, 2.05) is 27.7 Å². The monoisotopic (exact) mass is 326 g/mol. The van der Waals surface area contributed by atoms with Crippen LogP contribution in [0.5, 0.6) is 0 Å². The van der Waals surface area contributed by atoms with Crippen molar-refractivity contribution >= 4 is 17.8 Å². The first-order valence-corrected chi connectivity index (χ1v) is 8.29. The third-order valence-electron chi connectivity index (χ3n) is 3.95. The number of likely N-dealkylation sites (tertiary alicyclic amines) is 1. The van der Waals surface area contributed by atoms with Gasteiger partial charge in [0.15, 0.2) is 5.96 Å². The molecule has 0 aromatic rings. The van der Waals surface area contributed by atoms with Crippen LogP contribution >= 0.6 is 0 Å². The SMILES string of the molecule is CCNC(=NCCNC(=O)C(C)C)N1CC(C)C(C(=O)OC)C1. The van der Waals surface area contributed by atoms with Gasteiger partial charge in [-0.1, -0.05) is 20.8 Å². The standard InChI is InChI=1S/C16H30N4O3/c1-6-17-16(19-8-7-18-14(21)11(2)3)20-9-12(4)13(10-20)15(22)23-5/h11-13H,6-10H2,1-5H3,(H,17,19)(H,18,21). The topological polar surface area (TPSA) is 83.0 Å².